The van der Waals surface area contributed by atoms with Crippen molar-refractivity contribution in [2.24, 2.45) is 0 Å². The molecule has 1 N–H and O–H groups in total. The van der Waals surface area contributed by atoms with Crippen molar-refractivity contribution in [1.29, 1.82) is 0 Å². The summed E-state index contributed by atoms with van der Waals surface area (Å²) in [5.74, 6) is -0.155. The Balaban J connectivity index is 1.84. The first-order valence-electron chi connectivity index (χ1n) is 11.0. The Morgan fingerprint density at radius 2 is 1.81 bits per heavy atom. The third-order valence-corrected chi connectivity index (χ3v) is 6.60. The van der Waals surface area contributed by atoms with Crippen LogP contribution in [0.1, 0.15) is 55.7 Å². The first-order chi connectivity index (χ1) is 14.9. The number of nitrogens with zero attached hydrogens (tertiary/aromatic N) is 1. The second-order valence-electron chi connectivity index (χ2n) is 8.35. The molecule has 1 fully saturated rings. The molecule has 6 heteroatoms. The van der Waals surface area contributed by atoms with Crippen molar-refractivity contribution >= 4 is 35.0 Å². The summed E-state index contributed by atoms with van der Waals surface area (Å²) in [4.78, 5) is 28.2. The molecule has 0 radical (unpaired) electrons. The number of rotatable bonds is 8. The second kappa shape index (κ2) is 11.0. The van der Waals surface area contributed by atoms with Gasteiger partial charge in [-0.2, -0.15) is 0 Å². The van der Waals surface area contributed by atoms with Gasteiger partial charge in [0.15, 0.2) is 0 Å². The van der Waals surface area contributed by atoms with Crippen LogP contribution in [0.5, 0.6) is 0 Å². The normalized spacial score (nSPS) is 15.0. The van der Waals surface area contributed by atoms with Gasteiger partial charge in [0.2, 0.25) is 11.8 Å². The van der Waals surface area contributed by atoms with Crippen LogP contribution in [0.4, 0.5) is 0 Å². The predicted octanol–water partition coefficient (Wildman–Crippen LogP) is 5.71. The minimum Gasteiger partial charge on any atom is -0.352 e. The van der Waals surface area contributed by atoms with E-state index in [9.17, 15) is 9.59 Å². The van der Waals surface area contributed by atoms with Gasteiger partial charge in [-0.05, 0) is 49.4 Å². The van der Waals surface area contributed by atoms with Gasteiger partial charge < -0.3 is 10.2 Å². The number of benzene rings is 2. The van der Waals surface area contributed by atoms with Crippen LogP contribution in [-0.2, 0) is 22.6 Å². The molecule has 2 aromatic carbocycles. The lowest BCUT2D eigenvalue weighted by molar-refractivity contribution is -0.141. The standard InChI is InChI=1S/C25H30Cl2N2O2/c1-3-23(25(31)28-20-9-4-5-10-20)29(16-19-11-12-21(26)22(27)14-19)24(30)15-18-8-6-7-17(2)13-18/h6-8,11-14,20,23H,3-5,9-10,15-16H2,1-2H3,(H,28,31)/t23-/m0/s1. The molecule has 0 spiro atoms. The van der Waals surface area contributed by atoms with Crippen molar-refractivity contribution in [2.45, 2.75) is 71.0 Å². The first-order valence-corrected chi connectivity index (χ1v) is 11.7. The Bertz CT molecular complexity index is 925. The molecule has 1 saturated carbocycles. The number of carbonyl (C=O) groups excluding carboxylic acids is 2. The fourth-order valence-electron chi connectivity index (χ4n) is 4.22. The van der Waals surface area contributed by atoms with Gasteiger partial charge in [-0.25, -0.2) is 0 Å². The SMILES string of the molecule is CC[C@@H](C(=O)NC1CCCC1)N(Cc1ccc(Cl)c(Cl)c1)C(=O)Cc1cccc(C)c1. The number of carbonyl (C=O) groups is 2. The fraction of sp³-hybridized carbons (Fsp3) is 0.440. The van der Waals surface area contributed by atoms with Crippen LogP contribution in [0.3, 0.4) is 0 Å². The van der Waals surface area contributed by atoms with Crippen LogP contribution in [0.15, 0.2) is 42.5 Å². The zero-order chi connectivity index (χ0) is 22.4. The number of nitrogens with one attached hydrogen (secondary N) is 1. The Kier molecular flexibility index (Phi) is 8.39. The highest BCUT2D eigenvalue weighted by molar-refractivity contribution is 6.42. The minimum absolute atomic E-state index is 0.0768. The monoisotopic (exact) mass is 460 g/mol. The van der Waals surface area contributed by atoms with Gasteiger partial charge in [0.05, 0.1) is 16.5 Å². The van der Waals surface area contributed by atoms with E-state index in [1.54, 1.807) is 17.0 Å². The highest BCUT2D eigenvalue weighted by atomic mass is 35.5. The molecule has 1 aliphatic rings. The number of aryl methyl sites for hydroxylation is 1. The van der Waals surface area contributed by atoms with E-state index in [0.29, 0.717) is 23.0 Å². The molecule has 1 aliphatic carbocycles. The van der Waals surface area contributed by atoms with Crippen LogP contribution < -0.4 is 5.32 Å². The van der Waals surface area contributed by atoms with E-state index in [1.165, 1.54) is 0 Å². The molecule has 31 heavy (non-hydrogen) atoms. The number of halogens is 2. The molecule has 2 aromatic rings. The highest BCUT2D eigenvalue weighted by Crippen LogP contribution is 2.25. The molecule has 0 unspecified atom stereocenters. The summed E-state index contributed by atoms with van der Waals surface area (Å²) in [5, 5.41) is 4.07. The van der Waals surface area contributed by atoms with Crippen molar-refractivity contribution in [3.8, 4) is 0 Å². The molecular formula is C25H30Cl2N2O2. The summed E-state index contributed by atoms with van der Waals surface area (Å²) in [7, 11) is 0. The lowest BCUT2D eigenvalue weighted by Gasteiger charge is -2.31. The molecule has 0 aliphatic heterocycles. The minimum atomic E-state index is -0.535. The number of hydrogen-bond acceptors (Lipinski definition) is 2. The van der Waals surface area contributed by atoms with Gasteiger partial charge in [0.1, 0.15) is 6.04 Å². The summed E-state index contributed by atoms with van der Waals surface area (Å²) >= 11 is 12.3. The van der Waals surface area contributed by atoms with Crippen LogP contribution in [0, 0.1) is 6.92 Å². The van der Waals surface area contributed by atoms with Crippen molar-refractivity contribution in [1.82, 2.24) is 10.2 Å². The average Bonchev–Trinajstić information content (AvgIpc) is 3.23. The maximum Gasteiger partial charge on any atom is 0.243 e. The molecule has 166 valence electrons. The molecular weight excluding hydrogens is 431 g/mol. The van der Waals surface area contributed by atoms with E-state index in [-0.39, 0.29) is 24.3 Å². The Hall–Kier alpha value is -2.04. The largest absolute Gasteiger partial charge is 0.352 e. The van der Waals surface area contributed by atoms with E-state index >= 15 is 0 Å². The third kappa shape index (κ3) is 6.47. The first kappa shape index (κ1) is 23.6. The molecule has 0 aromatic heterocycles. The molecule has 0 heterocycles. The van der Waals surface area contributed by atoms with Gasteiger partial charge >= 0.3 is 0 Å². The zero-order valence-corrected chi connectivity index (χ0v) is 19.7. The van der Waals surface area contributed by atoms with Crippen molar-refractivity contribution in [3.05, 3.63) is 69.2 Å². The molecule has 3 rings (SSSR count). The van der Waals surface area contributed by atoms with E-state index in [2.05, 4.69) is 5.32 Å². The van der Waals surface area contributed by atoms with Crippen LogP contribution in [0.2, 0.25) is 10.0 Å². The van der Waals surface area contributed by atoms with E-state index in [1.807, 2.05) is 44.2 Å². The summed E-state index contributed by atoms with van der Waals surface area (Å²) in [5.41, 5.74) is 2.89. The van der Waals surface area contributed by atoms with Gasteiger partial charge in [0, 0.05) is 12.6 Å². The van der Waals surface area contributed by atoms with Crippen molar-refractivity contribution in [2.75, 3.05) is 0 Å². The van der Waals surface area contributed by atoms with Crippen molar-refractivity contribution in [3.63, 3.8) is 0 Å². The summed E-state index contributed by atoms with van der Waals surface area (Å²) < 4.78 is 0. The Morgan fingerprint density at radius 1 is 1.06 bits per heavy atom. The smallest absolute Gasteiger partial charge is 0.243 e. The molecule has 0 saturated heterocycles. The van der Waals surface area contributed by atoms with Gasteiger partial charge in [-0.15, -0.1) is 0 Å². The Morgan fingerprint density at radius 3 is 2.45 bits per heavy atom. The van der Waals surface area contributed by atoms with Gasteiger partial charge in [0.25, 0.3) is 0 Å². The quantitative estimate of drug-likeness (QED) is 0.548. The topological polar surface area (TPSA) is 49.4 Å². The maximum absolute atomic E-state index is 13.4. The number of hydrogen-bond donors (Lipinski definition) is 1. The number of amides is 2. The summed E-state index contributed by atoms with van der Waals surface area (Å²) in [6.45, 7) is 4.25. The van der Waals surface area contributed by atoms with Crippen LogP contribution in [0.25, 0.3) is 0 Å². The zero-order valence-electron chi connectivity index (χ0n) is 18.2. The molecule has 1 atom stereocenters. The lowest BCUT2D eigenvalue weighted by atomic mass is 10.0. The third-order valence-electron chi connectivity index (χ3n) is 5.86. The highest BCUT2D eigenvalue weighted by Gasteiger charge is 2.30. The Labute approximate surface area is 194 Å². The van der Waals surface area contributed by atoms with Crippen molar-refractivity contribution < 1.29 is 9.59 Å². The molecule has 4 nitrogen and oxygen atoms in total. The van der Waals surface area contributed by atoms with Crippen LogP contribution in [-0.4, -0.2) is 28.8 Å². The van der Waals surface area contributed by atoms with Gasteiger partial charge in [-0.1, -0.05) is 78.9 Å². The fourth-order valence-corrected chi connectivity index (χ4v) is 4.54. The average molecular weight is 461 g/mol. The van der Waals surface area contributed by atoms with E-state index in [0.717, 1.165) is 42.4 Å². The molecule has 0 bridgehead atoms. The summed E-state index contributed by atoms with van der Waals surface area (Å²) in [6.07, 6.45) is 5.08. The lowest BCUT2D eigenvalue weighted by Crippen LogP contribution is -2.51. The maximum atomic E-state index is 13.4. The van der Waals surface area contributed by atoms with Gasteiger partial charge in [-0.3, -0.25) is 9.59 Å². The predicted molar refractivity (Wildman–Crippen MR) is 126 cm³/mol. The van der Waals surface area contributed by atoms with E-state index in [4.69, 9.17) is 23.2 Å². The summed E-state index contributed by atoms with van der Waals surface area (Å²) in [6, 6.07) is 12.9. The van der Waals surface area contributed by atoms with E-state index < -0.39 is 6.04 Å². The molecule has 2 amide bonds. The second-order valence-corrected chi connectivity index (χ2v) is 9.16. The van der Waals surface area contributed by atoms with Crippen LogP contribution >= 0.6 is 23.2 Å².